The maximum Gasteiger partial charge on any atom is 0.337 e. The molecule has 0 spiro atoms. The number of nitrogens with one attached hydrogen (secondary N) is 1. The minimum atomic E-state index is -0.735. The van der Waals surface area contributed by atoms with E-state index >= 15 is 0 Å². The number of carbonyl (C=O) groups is 1. The normalized spacial score (nSPS) is 17.2. The quantitative estimate of drug-likeness (QED) is 0.152. The molecule has 39 heavy (non-hydrogen) atoms. The van der Waals surface area contributed by atoms with Crippen LogP contribution < -0.4 is 11.1 Å². The van der Waals surface area contributed by atoms with E-state index in [-0.39, 0.29) is 17.7 Å². The Morgan fingerprint density at radius 2 is 1.95 bits per heavy atom. The van der Waals surface area contributed by atoms with Crippen LogP contribution in [0.3, 0.4) is 0 Å². The predicted octanol–water partition coefficient (Wildman–Crippen LogP) is 6.32. The molecule has 1 aromatic carbocycles. The number of non-ortho nitro benzene ring substituents is 1. The van der Waals surface area contributed by atoms with Gasteiger partial charge in [-0.05, 0) is 48.6 Å². The summed E-state index contributed by atoms with van der Waals surface area (Å²) in [4.78, 5) is 29.7. The summed E-state index contributed by atoms with van der Waals surface area (Å²) in [6.07, 6.45) is 11.3. The van der Waals surface area contributed by atoms with Crippen molar-refractivity contribution in [3.63, 3.8) is 0 Å². The van der Waals surface area contributed by atoms with E-state index in [0.717, 1.165) is 36.9 Å². The van der Waals surface area contributed by atoms with Gasteiger partial charge in [-0.25, -0.2) is 9.78 Å². The average Bonchev–Trinajstić information content (AvgIpc) is 2.92. The van der Waals surface area contributed by atoms with Gasteiger partial charge in [-0.15, -0.1) is 19.7 Å². The minimum absolute atomic E-state index is 0.0156. The number of hydrogen-bond donors (Lipinski definition) is 2. The van der Waals surface area contributed by atoms with Crippen molar-refractivity contribution in [2.75, 3.05) is 17.7 Å². The number of nitrogens with two attached hydrogens (primary N) is 1. The molecule has 1 unspecified atom stereocenters. The van der Waals surface area contributed by atoms with Gasteiger partial charge in [-0.2, -0.15) is 0 Å². The van der Waals surface area contributed by atoms with Gasteiger partial charge < -0.3 is 15.8 Å². The van der Waals surface area contributed by atoms with Crippen LogP contribution in [0.5, 0.6) is 0 Å². The number of carbonyl (C=O) groups excluding carboxylic acids is 1. The molecule has 0 fully saturated rings. The third kappa shape index (κ3) is 5.27. The minimum Gasteiger partial charge on any atom is -0.458 e. The lowest BCUT2D eigenvalue weighted by Crippen LogP contribution is -2.32. The maximum atomic E-state index is 13.5. The van der Waals surface area contributed by atoms with Crippen molar-refractivity contribution in [3.8, 4) is 0 Å². The van der Waals surface area contributed by atoms with Crippen LogP contribution in [0, 0.1) is 15.5 Å². The van der Waals surface area contributed by atoms with Crippen molar-refractivity contribution in [2.45, 2.75) is 44.4 Å². The number of nitrogen functional groups attached to an aromatic ring is 1. The molecule has 0 amide bonds. The first kappa shape index (κ1) is 27.6. The maximum absolute atomic E-state index is 13.5. The average molecular weight is 527 g/mol. The van der Waals surface area contributed by atoms with Crippen LogP contribution >= 0.6 is 0 Å². The molecule has 1 aromatic heterocycles. The molecule has 8 heteroatoms. The van der Waals surface area contributed by atoms with E-state index in [1.165, 1.54) is 18.2 Å². The molecule has 0 saturated heterocycles. The van der Waals surface area contributed by atoms with E-state index in [9.17, 15) is 14.9 Å². The molecule has 0 radical (unpaired) electrons. The Labute approximate surface area is 228 Å². The molecule has 2 aliphatic rings. The topological polar surface area (TPSA) is 120 Å². The Balaban J connectivity index is 1.98. The zero-order chi connectivity index (χ0) is 28.2. The number of anilines is 2. The molecular formula is C31H34N4O4. The summed E-state index contributed by atoms with van der Waals surface area (Å²) < 4.78 is 5.49. The highest BCUT2D eigenvalue weighted by atomic mass is 16.6. The number of esters is 1. The predicted molar refractivity (Wildman–Crippen MR) is 154 cm³/mol. The molecule has 202 valence electrons. The largest absolute Gasteiger partial charge is 0.458 e. The number of benzene rings is 1. The molecule has 2 heterocycles. The van der Waals surface area contributed by atoms with Crippen molar-refractivity contribution in [1.82, 2.24) is 4.98 Å². The third-order valence-electron chi connectivity index (χ3n) is 7.55. The van der Waals surface area contributed by atoms with Crippen LogP contribution in [-0.2, 0) is 22.4 Å². The fourth-order valence-corrected chi connectivity index (χ4v) is 5.83. The van der Waals surface area contributed by atoms with E-state index in [0.29, 0.717) is 46.7 Å². The molecule has 1 atom stereocenters. The van der Waals surface area contributed by atoms with Crippen LogP contribution in [0.4, 0.5) is 17.2 Å². The molecule has 1 aliphatic carbocycles. The van der Waals surface area contributed by atoms with Crippen molar-refractivity contribution in [3.05, 3.63) is 119 Å². The van der Waals surface area contributed by atoms with Gasteiger partial charge in [-0.1, -0.05) is 43.0 Å². The standard InChI is InChI=1S/C31H34N4O4/c1-5-10-24-26(30(36)39-17-8-4)25(20-11-9-12-21(18-20)35(37)38)27-28(32)22-19-31(14-6-2,15-7-3)16-13-23(22)33-29(27)34-24/h5-9,11-12,18,25H,1-4,10,13-17,19H2,(H3,32,33,34). The number of pyridine rings is 1. The Morgan fingerprint density at radius 1 is 1.21 bits per heavy atom. The number of rotatable bonds is 11. The van der Waals surface area contributed by atoms with Crippen molar-refractivity contribution >= 4 is 23.2 Å². The molecular weight excluding hydrogens is 492 g/mol. The van der Waals surface area contributed by atoms with Gasteiger partial charge in [0.15, 0.2) is 0 Å². The number of nitro groups is 1. The van der Waals surface area contributed by atoms with Gasteiger partial charge in [-0.3, -0.25) is 10.1 Å². The first-order chi connectivity index (χ1) is 18.8. The highest BCUT2D eigenvalue weighted by molar-refractivity contribution is 5.96. The fourth-order valence-electron chi connectivity index (χ4n) is 5.83. The second-order valence-electron chi connectivity index (χ2n) is 10.1. The van der Waals surface area contributed by atoms with Crippen molar-refractivity contribution in [1.29, 1.82) is 0 Å². The van der Waals surface area contributed by atoms with E-state index in [2.05, 4.69) is 31.6 Å². The number of aromatic nitrogens is 1. The van der Waals surface area contributed by atoms with Gasteiger partial charge in [0.25, 0.3) is 5.69 Å². The fraction of sp³-hybridized carbons (Fsp3) is 0.290. The van der Waals surface area contributed by atoms with Gasteiger partial charge in [0.1, 0.15) is 12.4 Å². The Bertz CT molecular complexity index is 1380. The van der Waals surface area contributed by atoms with Crippen LogP contribution in [0.15, 0.2) is 86.2 Å². The first-order valence-corrected chi connectivity index (χ1v) is 12.9. The SMILES string of the molecule is C=CCOC(=O)C1=C(CC=C)Nc2nc3c(c(N)c2C1c1cccc([N+](=O)[O-])c1)CC(CC=C)(CC=C)CC3. The number of nitrogens with zero attached hydrogens (tertiary/aromatic N) is 2. The second-order valence-corrected chi connectivity index (χ2v) is 10.1. The monoisotopic (exact) mass is 526 g/mol. The number of fused-ring (bicyclic) bond motifs is 2. The van der Waals surface area contributed by atoms with Crippen LogP contribution in [0.25, 0.3) is 0 Å². The summed E-state index contributed by atoms with van der Waals surface area (Å²) >= 11 is 0. The summed E-state index contributed by atoms with van der Waals surface area (Å²) in [6.45, 7) is 15.4. The third-order valence-corrected chi connectivity index (χ3v) is 7.55. The molecule has 2 aromatic rings. The molecule has 8 nitrogen and oxygen atoms in total. The smallest absolute Gasteiger partial charge is 0.337 e. The van der Waals surface area contributed by atoms with Gasteiger partial charge in [0.2, 0.25) is 0 Å². The number of allylic oxidation sites excluding steroid dienone is 3. The number of ether oxygens (including phenoxy) is 1. The summed E-state index contributed by atoms with van der Waals surface area (Å²) in [7, 11) is 0. The van der Waals surface area contributed by atoms with Crippen LogP contribution in [0.1, 0.15) is 54.0 Å². The van der Waals surface area contributed by atoms with Crippen LogP contribution in [0.2, 0.25) is 0 Å². The highest BCUT2D eigenvalue weighted by Gasteiger charge is 2.41. The number of aryl methyl sites for hydroxylation is 1. The van der Waals surface area contributed by atoms with E-state index in [1.54, 1.807) is 18.2 Å². The van der Waals surface area contributed by atoms with Gasteiger partial charge in [0.05, 0.1) is 10.5 Å². The summed E-state index contributed by atoms with van der Waals surface area (Å²) in [6, 6.07) is 6.27. The first-order valence-electron chi connectivity index (χ1n) is 12.9. The summed E-state index contributed by atoms with van der Waals surface area (Å²) in [5.74, 6) is -0.757. The van der Waals surface area contributed by atoms with E-state index < -0.39 is 16.8 Å². The van der Waals surface area contributed by atoms with Crippen molar-refractivity contribution < 1.29 is 14.5 Å². The number of nitro benzene ring substituents is 1. The lowest BCUT2D eigenvalue weighted by molar-refractivity contribution is -0.384. The zero-order valence-electron chi connectivity index (χ0n) is 22.1. The highest BCUT2D eigenvalue weighted by Crippen LogP contribution is 2.50. The summed E-state index contributed by atoms with van der Waals surface area (Å²) in [5.41, 5.74) is 11.2. The Kier molecular flexibility index (Phi) is 8.14. The Hall–Kier alpha value is -4.46. The van der Waals surface area contributed by atoms with Crippen LogP contribution in [-0.4, -0.2) is 22.5 Å². The zero-order valence-corrected chi connectivity index (χ0v) is 22.1. The number of hydrogen-bond acceptors (Lipinski definition) is 7. The lowest BCUT2D eigenvalue weighted by Gasteiger charge is -2.39. The molecule has 1 aliphatic heterocycles. The Morgan fingerprint density at radius 3 is 2.59 bits per heavy atom. The van der Waals surface area contributed by atoms with Gasteiger partial charge >= 0.3 is 5.97 Å². The van der Waals surface area contributed by atoms with Crippen molar-refractivity contribution in [2.24, 2.45) is 5.41 Å². The van der Waals surface area contributed by atoms with E-state index in [4.69, 9.17) is 15.5 Å². The second kappa shape index (κ2) is 11.5. The van der Waals surface area contributed by atoms with Gasteiger partial charge in [0, 0.05) is 47.1 Å². The lowest BCUT2D eigenvalue weighted by atomic mass is 9.67. The molecule has 0 saturated carbocycles. The molecule has 0 bridgehead atoms. The van der Waals surface area contributed by atoms with E-state index in [1.807, 2.05) is 12.2 Å². The summed E-state index contributed by atoms with van der Waals surface area (Å²) in [5, 5.41) is 15.0. The molecule has 4 rings (SSSR count). The molecule has 3 N–H and O–H groups in total.